The van der Waals surface area contributed by atoms with Crippen molar-refractivity contribution in [2.45, 2.75) is 72.4 Å². The Hall–Kier alpha value is -0.830. The molecule has 0 bridgehead atoms. The Balaban J connectivity index is 2.63. The first-order valence-electron chi connectivity index (χ1n) is 7.33. The highest BCUT2D eigenvalue weighted by Gasteiger charge is 2.19. The van der Waals surface area contributed by atoms with Gasteiger partial charge in [0.05, 0.1) is 11.8 Å². The van der Waals surface area contributed by atoms with Gasteiger partial charge in [0.1, 0.15) is 0 Å². The van der Waals surface area contributed by atoms with Gasteiger partial charge in [0, 0.05) is 18.7 Å². The van der Waals surface area contributed by atoms with Gasteiger partial charge in [-0.25, -0.2) is 0 Å². The van der Waals surface area contributed by atoms with Gasteiger partial charge in [-0.3, -0.25) is 4.68 Å². The highest BCUT2D eigenvalue weighted by molar-refractivity contribution is 5.10. The van der Waals surface area contributed by atoms with Crippen LogP contribution < -0.4 is 0 Å². The summed E-state index contributed by atoms with van der Waals surface area (Å²) >= 11 is 0. The predicted octanol–water partition coefficient (Wildman–Crippen LogP) is 3.33. The minimum atomic E-state index is -0.233. The molecule has 2 unspecified atom stereocenters. The first-order valence-corrected chi connectivity index (χ1v) is 7.33. The van der Waals surface area contributed by atoms with Crippen LogP contribution in [0.25, 0.3) is 0 Å². The molecule has 3 heteroatoms. The molecule has 18 heavy (non-hydrogen) atoms. The maximum Gasteiger partial charge on any atom is 0.0623 e. The second-order valence-electron chi connectivity index (χ2n) is 5.17. The summed E-state index contributed by atoms with van der Waals surface area (Å²) in [4.78, 5) is 0. The molecule has 1 heterocycles. The molecule has 0 aliphatic rings. The van der Waals surface area contributed by atoms with Crippen LogP contribution in [-0.4, -0.2) is 21.0 Å². The van der Waals surface area contributed by atoms with E-state index in [-0.39, 0.29) is 6.10 Å². The average Bonchev–Trinajstić information content (AvgIpc) is 2.70. The lowest BCUT2D eigenvalue weighted by Gasteiger charge is -2.21. The standard InChI is InChI=1S/C15H28N2O/c1-5-8-9-13(6-2)15(18)11-14-10-12(4)16-17(14)7-3/h10,13,15,18H,5-9,11H2,1-4H3. The van der Waals surface area contributed by atoms with Crippen molar-refractivity contribution < 1.29 is 5.11 Å². The number of rotatable bonds is 8. The molecule has 1 aromatic heterocycles. The zero-order valence-corrected chi connectivity index (χ0v) is 12.3. The number of unbranched alkanes of at least 4 members (excludes halogenated alkanes) is 1. The van der Waals surface area contributed by atoms with Crippen molar-refractivity contribution in [3.63, 3.8) is 0 Å². The SMILES string of the molecule is CCCCC(CC)C(O)Cc1cc(C)nn1CC. The summed E-state index contributed by atoms with van der Waals surface area (Å²) in [5.41, 5.74) is 2.21. The summed E-state index contributed by atoms with van der Waals surface area (Å²) in [5, 5.41) is 14.8. The van der Waals surface area contributed by atoms with Gasteiger partial charge in [-0.15, -0.1) is 0 Å². The van der Waals surface area contributed by atoms with Crippen molar-refractivity contribution in [3.05, 3.63) is 17.5 Å². The van der Waals surface area contributed by atoms with Crippen molar-refractivity contribution >= 4 is 0 Å². The molecule has 0 fully saturated rings. The Labute approximate surface area is 111 Å². The normalized spacial score (nSPS) is 14.7. The molecule has 1 rings (SSSR count). The van der Waals surface area contributed by atoms with Crippen LogP contribution in [0.15, 0.2) is 6.07 Å². The minimum absolute atomic E-state index is 0.233. The summed E-state index contributed by atoms with van der Waals surface area (Å²) < 4.78 is 2.01. The summed E-state index contributed by atoms with van der Waals surface area (Å²) in [6.45, 7) is 9.36. The molecule has 0 aromatic carbocycles. The Morgan fingerprint density at radius 3 is 2.61 bits per heavy atom. The molecule has 0 spiro atoms. The monoisotopic (exact) mass is 252 g/mol. The summed E-state index contributed by atoms with van der Waals surface area (Å²) in [6.07, 6.45) is 5.10. The molecule has 0 aliphatic carbocycles. The van der Waals surface area contributed by atoms with Crippen LogP contribution in [0.3, 0.4) is 0 Å². The van der Waals surface area contributed by atoms with Gasteiger partial charge in [-0.1, -0.05) is 33.1 Å². The molecular weight excluding hydrogens is 224 g/mol. The van der Waals surface area contributed by atoms with Gasteiger partial charge in [0.2, 0.25) is 0 Å². The zero-order valence-electron chi connectivity index (χ0n) is 12.3. The molecule has 0 saturated carbocycles. The quantitative estimate of drug-likeness (QED) is 0.770. The molecule has 1 aromatic rings. The smallest absolute Gasteiger partial charge is 0.0623 e. The molecule has 0 amide bonds. The van der Waals surface area contributed by atoms with Crippen molar-refractivity contribution in [1.82, 2.24) is 9.78 Å². The first kappa shape index (κ1) is 15.2. The Kier molecular flexibility index (Phi) is 6.41. The van der Waals surface area contributed by atoms with Crippen LogP contribution in [0.5, 0.6) is 0 Å². The van der Waals surface area contributed by atoms with Crippen molar-refractivity contribution in [2.24, 2.45) is 5.92 Å². The molecule has 3 nitrogen and oxygen atoms in total. The van der Waals surface area contributed by atoms with Crippen LogP contribution in [0.2, 0.25) is 0 Å². The fourth-order valence-electron chi connectivity index (χ4n) is 2.55. The van der Waals surface area contributed by atoms with Gasteiger partial charge < -0.3 is 5.11 Å². The van der Waals surface area contributed by atoms with Gasteiger partial charge >= 0.3 is 0 Å². The number of hydrogen-bond acceptors (Lipinski definition) is 2. The average molecular weight is 252 g/mol. The fraction of sp³-hybridized carbons (Fsp3) is 0.800. The topological polar surface area (TPSA) is 38.1 Å². The molecule has 0 radical (unpaired) electrons. The van der Waals surface area contributed by atoms with E-state index < -0.39 is 0 Å². The Morgan fingerprint density at radius 1 is 1.33 bits per heavy atom. The van der Waals surface area contributed by atoms with E-state index in [2.05, 4.69) is 31.9 Å². The lowest BCUT2D eigenvalue weighted by Crippen LogP contribution is -2.24. The molecule has 0 saturated heterocycles. The van der Waals surface area contributed by atoms with Crippen LogP contribution in [0, 0.1) is 12.8 Å². The number of hydrogen-bond donors (Lipinski definition) is 1. The first-order chi connectivity index (χ1) is 8.62. The van der Waals surface area contributed by atoms with Gasteiger partial charge in [-0.05, 0) is 32.3 Å². The van der Waals surface area contributed by atoms with Crippen LogP contribution in [-0.2, 0) is 13.0 Å². The number of nitrogens with zero attached hydrogens (tertiary/aromatic N) is 2. The second-order valence-corrected chi connectivity index (χ2v) is 5.17. The number of aliphatic hydroxyl groups excluding tert-OH is 1. The predicted molar refractivity (Wildman–Crippen MR) is 75.7 cm³/mol. The third-order valence-corrected chi connectivity index (χ3v) is 3.70. The highest BCUT2D eigenvalue weighted by atomic mass is 16.3. The van der Waals surface area contributed by atoms with E-state index >= 15 is 0 Å². The van der Waals surface area contributed by atoms with Gasteiger partial charge in [-0.2, -0.15) is 5.10 Å². The van der Waals surface area contributed by atoms with Crippen LogP contribution in [0.1, 0.15) is 57.8 Å². The van der Waals surface area contributed by atoms with E-state index in [1.165, 1.54) is 12.8 Å². The maximum absolute atomic E-state index is 10.4. The number of aliphatic hydroxyl groups is 1. The van der Waals surface area contributed by atoms with Crippen molar-refractivity contribution in [1.29, 1.82) is 0 Å². The van der Waals surface area contributed by atoms with E-state index in [0.717, 1.165) is 37.2 Å². The molecule has 2 atom stereocenters. The zero-order chi connectivity index (χ0) is 13.5. The Morgan fingerprint density at radius 2 is 2.06 bits per heavy atom. The maximum atomic E-state index is 10.4. The molecule has 0 aliphatic heterocycles. The highest BCUT2D eigenvalue weighted by Crippen LogP contribution is 2.20. The minimum Gasteiger partial charge on any atom is -0.392 e. The fourth-order valence-corrected chi connectivity index (χ4v) is 2.55. The van der Waals surface area contributed by atoms with Crippen molar-refractivity contribution in [2.75, 3.05) is 0 Å². The third kappa shape index (κ3) is 4.13. The van der Waals surface area contributed by atoms with Gasteiger partial charge in [0.25, 0.3) is 0 Å². The van der Waals surface area contributed by atoms with E-state index in [1.54, 1.807) is 0 Å². The number of aryl methyl sites for hydroxylation is 2. The summed E-state index contributed by atoms with van der Waals surface area (Å²) in [6, 6.07) is 2.10. The van der Waals surface area contributed by atoms with Gasteiger partial charge in [0.15, 0.2) is 0 Å². The molecular formula is C15H28N2O. The second kappa shape index (κ2) is 7.57. The number of aromatic nitrogens is 2. The van der Waals surface area contributed by atoms with Crippen molar-refractivity contribution in [3.8, 4) is 0 Å². The van der Waals surface area contributed by atoms with Crippen LogP contribution in [0.4, 0.5) is 0 Å². The van der Waals surface area contributed by atoms with Crippen LogP contribution >= 0.6 is 0 Å². The molecule has 104 valence electrons. The summed E-state index contributed by atoms with van der Waals surface area (Å²) in [7, 11) is 0. The van der Waals surface area contributed by atoms with E-state index in [9.17, 15) is 5.11 Å². The third-order valence-electron chi connectivity index (χ3n) is 3.70. The van der Waals surface area contributed by atoms with E-state index in [4.69, 9.17) is 0 Å². The molecule has 1 N–H and O–H groups in total. The lowest BCUT2D eigenvalue weighted by atomic mass is 9.91. The Bertz CT molecular complexity index is 346. The van der Waals surface area contributed by atoms with E-state index in [1.807, 2.05) is 11.6 Å². The lowest BCUT2D eigenvalue weighted by molar-refractivity contribution is 0.0967. The largest absolute Gasteiger partial charge is 0.392 e. The summed E-state index contributed by atoms with van der Waals surface area (Å²) in [5.74, 6) is 0.422. The van der Waals surface area contributed by atoms with E-state index in [0.29, 0.717) is 5.92 Å².